The van der Waals surface area contributed by atoms with Gasteiger partial charge in [-0.1, -0.05) is 0 Å². The SMILES string of the molecule is OCc1cc(-c2ccncc2)ncc1-c1ccncc1. The van der Waals surface area contributed by atoms with E-state index in [9.17, 15) is 5.11 Å². The van der Waals surface area contributed by atoms with Gasteiger partial charge in [-0.05, 0) is 41.5 Å². The molecule has 3 rings (SSSR count). The molecule has 1 N–H and O–H groups in total. The fraction of sp³-hybridized carbons (Fsp3) is 0.0625. The molecule has 0 aliphatic heterocycles. The predicted molar refractivity (Wildman–Crippen MR) is 76.6 cm³/mol. The summed E-state index contributed by atoms with van der Waals surface area (Å²) in [5.41, 5.74) is 4.58. The molecule has 0 fully saturated rings. The van der Waals surface area contributed by atoms with Gasteiger partial charge in [0.25, 0.3) is 0 Å². The van der Waals surface area contributed by atoms with E-state index in [2.05, 4.69) is 15.0 Å². The average Bonchev–Trinajstić information content (AvgIpc) is 2.56. The van der Waals surface area contributed by atoms with E-state index in [1.54, 1.807) is 31.0 Å². The molecule has 3 aromatic rings. The maximum atomic E-state index is 9.60. The minimum absolute atomic E-state index is 0.0295. The van der Waals surface area contributed by atoms with E-state index in [1.165, 1.54) is 0 Å². The zero-order chi connectivity index (χ0) is 13.8. The van der Waals surface area contributed by atoms with Gasteiger partial charge in [0.15, 0.2) is 0 Å². The topological polar surface area (TPSA) is 58.9 Å². The van der Waals surface area contributed by atoms with Crippen LogP contribution in [0.15, 0.2) is 61.3 Å². The first-order chi connectivity index (χ1) is 9.88. The minimum Gasteiger partial charge on any atom is -0.392 e. The average molecular weight is 263 g/mol. The Kier molecular flexibility index (Phi) is 3.48. The van der Waals surface area contributed by atoms with Crippen molar-refractivity contribution in [2.45, 2.75) is 6.61 Å². The molecule has 0 spiro atoms. The number of aliphatic hydroxyl groups is 1. The van der Waals surface area contributed by atoms with Crippen molar-refractivity contribution in [1.29, 1.82) is 0 Å². The van der Waals surface area contributed by atoms with E-state index < -0.39 is 0 Å². The summed E-state index contributed by atoms with van der Waals surface area (Å²) in [6.07, 6.45) is 8.70. The Morgan fingerprint density at radius 1 is 0.850 bits per heavy atom. The lowest BCUT2D eigenvalue weighted by atomic mass is 10.0. The molecule has 0 bridgehead atoms. The molecular weight excluding hydrogens is 250 g/mol. The molecule has 3 aromatic heterocycles. The van der Waals surface area contributed by atoms with Crippen molar-refractivity contribution >= 4 is 0 Å². The summed E-state index contributed by atoms with van der Waals surface area (Å²) in [5, 5.41) is 9.60. The van der Waals surface area contributed by atoms with Crippen LogP contribution in [0.4, 0.5) is 0 Å². The molecule has 0 unspecified atom stereocenters. The number of aromatic nitrogens is 3. The second kappa shape index (κ2) is 5.59. The van der Waals surface area contributed by atoms with Gasteiger partial charge in [0.2, 0.25) is 0 Å². The van der Waals surface area contributed by atoms with Gasteiger partial charge in [0, 0.05) is 42.1 Å². The van der Waals surface area contributed by atoms with Crippen molar-refractivity contribution in [2.24, 2.45) is 0 Å². The highest BCUT2D eigenvalue weighted by Gasteiger charge is 2.08. The molecule has 0 amide bonds. The molecule has 0 aliphatic rings. The van der Waals surface area contributed by atoms with Crippen LogP contribution >= 0.6 is 0 Å². The minimum atomic E-state index is -0.0295. The van der Waals surface area contributed by atoms with E-state index in [4.69, 9.17) is 0 Å². The van der Waals surface area contributed by atoms with Crippen LogP contribution in [0, 0.1) is 0 Å². The zero-order valence-corrected chi connectivity index (χ0v) is 10.8. The first-order valence-electron chi connectivity index (χ1n) is 6.29. The Balaban J connectivity index is 2.07. The van der Waals surface area contributed by atoms with Crippen LogP contribution < -0.4 is 0 Å². The van der Waals surface area contributed by atoms with Gasteiger partial charge < -0.3 is 5.11 Å². The molecule has 0 aliphatic carbocycles. The van der Waals surface area contributed by atoms with Gasteiger partial charge >= 0.3 is 0 Å². The van der Waals surface area contributed by atoms with E-state index in [1.807, 2.05) is 30.3 Å². The first kappa shape index (κ1) is 12.4. The number of hydrogen-bond donors (Lipinski definition) is 1. The lowest BCUT2D eigenvalue weighted by molar-refractivity contribution is 0.282. The Hall–Kier alpha value is -2.59. The monoisotopic (exact) mass is 263 g/mol. The maximum absolute atomic E-state index is 9.60. The summed E-state index contributed by atoms with van der Waals surface area (Å²) in [7, 11) is 0. The Labute approximate surface area is 116 Å². The standard InChI is InChI=1S/C16H13N3O/c20-11-14-9-16(13-3-7-18-8-4-13)19-10-15(14)12-1-5-17-6-2-12/h1-10,20H,11H2. The van der Waals surface area contributed by atoms with Gasteiger partial charge in [-0.15, -0.1) is 0 Å². The summed E-state index contributed by atoms with van der Waals surface area (Å²) in [5.74, 6) is 0. The molecule has 0 atom stereocenters. The van der Waals surface area contributed by atoms with Crippen molar-refractivity contribution in [3.63, 3.8) is 0 Å². The Morgan fingerprint density at radius 2 is 1.45 bits per heavy atom. The predicted octanol–water partition coefficient (Wildman–Crippen LogP) is 2.70. The largest absolute Gasteiger partial charge is 0.392 e. The lowest BCUT2D eigenvalue weighted by Crippen LogP contribution is -1.94. The van der Waals surface area contributed by atoms with Crippen molar-refractivity contribution in [3.05, 3.63) is 66.9 Å². The fourth-order valence-corrected chi connectivity index (χ4v) is 2.10. The van der Waals surface area contributed by atoms with E-state index in [0.717, 1.165) is 27.9 Å². The Bertz CT molecular complexity index is 699. The smallest absolute Gasteiger partial charge is 0.0707 e. The Morgan fingerprint density at radius 3 is 2.05 bits per heavy atom. The number of rotatable bonds is 3. The number of aliphatic hydroxyl groups excluding tert-OH is 1. The molecule has 0 saturated carbocycles. The van der Waals surface area contributed by atoms with Gasteiger partial charge in [-0.3, -0.25) is 15.0 Å². The van der Waals surface area contributed by atoms with E-state index in [-0.39, 0.29) is 6.61 Å². The maximum Gasteiger partial charge on any atom is 0.0707 e. The third kappa shape index (κ3) is 2.41. The molecule has 98 valence electrons. The van der Waals surface area contributed by atoms with Gasteiger partial charge in [0.05, 0.1) is 12.3 Å². The number of hydrogen-bond acceptors (Lipinski definition) is 4. The summed E-state index contributed by atoms with van der Waals surface area (Å²) in [6, 6.07) is 9.51. The molecule has 4 heteroatoms. The highest BCUT2D eigenvalue weighted by Crippen LogP contribution is 2.26. The third-order valence-corrected chi connectivity index (χ3v) is 3.13. The quantitative estimate of drug-likeness (QED) is 0.789. The van der Waals surface area contributed by atoms with Crippen LogP contribution in [0.3, 0.4) is 0 Å². The van der Waals surface area contributed by atoms with Crippen LogP contribution in [0.1, 0.15) is 5.56 Å². The molecular formula is C16H13N3O. The summed E-state index contributed by atoms with van der Waals surface area (Å²) in [6.45, 7) is -0.0295. The van der Waals surface area contributed by atoms with Crippen LogP contribution in [0.25, 0.3) is 22.4 Å². The van der Waals surface area contributed by atoms with E-state index >= 15 is 0 Å². The number of pyridine rings is 3. The molecule has 20 heavy (non-hydrogen) atoms. The summed E-state index contributed by atoms with van der Waals surface area (Å²) >= 11 is 0. The van der Waals surface area contributed by atoms with Crippen LogP contribution in [0.2, 0.25) is 0 Å². The van der Waals surface area contributed by atoms with E-state index in [0.29, 0.717) is 0 Å². The fourth-order valence-electron chi connectivity index (χ4n) is 2.10. The van der Waals surface area contributed by atoms with Crippen molar-refractivity contribution in [3.8, 4) is 22.4 Å². The second-order valence-corrected chi connectivity index (χ2v) is 4.36. The normalized spacial score (nSPS) is 10.4. The first-order valence-corrected chi connectivity index (χ1v) is 6.29. The summed E-state index contributed by atoms with van der Waals surface area (Å²) < 4.78 is 0. The van der Waals surface area contributed by atoms with Crippen molar-refractivity contribution in [1.82, 2.24) is 15.0 Å². The lowest BCUT2D eigenvalue weighted by Gasteiger charge is -2.09. The van der Waals surface area contributed by atoms with Crippen molar-refractivity contribution < 1.29 is 5.11 Å². The van der Waals surface area contributed by atoms with Gasteiger partial charge in [0.1, 0.15) is 0 Å². The molecule has 0 saturated heterocycles. The zero-order valence-electron chi connectivity index (χ0n) is 10.8. The molecule has 3 heterocycles. The molecule has 0 aromatic carbocycles. The van der Waals surface area contributed by atoms with Crippen LogP contribution in [0.5, 0.6) is 0 Å². The second-order valence-electron chi connectivity index (χ2n) is 4.36. The van der Waals surface area contributed by atoms with Gasteiger partial charge in [-0.2, -0.15) is 0 Å². The summed E-state index contributed by atoms with van der Waals surface area (Å²) in [4.78, 5) is 12.5. The number of nitrogens with zero attached hydrogens (tertiary/aromatic N) is 3. The highest BCUT2D eigenvalue weighted by atomic mass is 16.3. The van der Waals surface area contributed by atoms with Crippen molar-refractivity contribution in [2.75, 3.05) is 0 Å². The highest BCUT2D eigenvalue weighted by molar-refractivity contribution is 5.70. The third-order valence-electron chi connectivity index (χ3n) is 3.13. The molecule has 0 radical (unpaired) electrons. The van der Waals surface area contributed by atoms with Crippen LogP contribution in [-0.2, 0) is 6.61 Å². The molecule has 4 nitrogen and oxygen atoms in total. The van der Waals surface area contributed by atoms with Gasteiger partial charge in [-0.25, -0.2) is 0 Å². The van der Waals surface area contributed by atoms with Crippen LogP contribution in [-0.4, -0.2) is 20.1 Å².